The van der Waals surface area contributed by atoms with Crippen LogP contribution in [0.3, 0.4) is 0 Å². The van der Waals surface area contributed by atoms with Crippen molar-refractivity contribution < 1.29 is 27.4 Å². The molecule has 2 N–H and O–H groups in total. The summed E-state index contributed by atoms with van der Waals surface area (Å²) in [6, 6.07) is 9.99. The molecule has 4 aromatic rings. The van der Waals surface area contributed by atoms with Gasteiger partial charge in [-0.25, -0.2) is 4.98 Å². The quantitative estimate of drug-likeness (QED) is 0.478. The molecule has 0 unspecified atom stereocenters. The topological polar surface area (TPSA) is 92.3 Å². The Balaban J connectivity index is 1.69. The van der Waals surface area contributed by atoms with Crippen LogP contribution < -0.4 is 15.2 Å². The van der Waals surface area contributed by atoms with Crippen LogP contribution in [0, 0.1) is 0 Å². The number of thiophene rings is 1. The zero-order valence-corrected chi connectivity index (χ0v) is 16.8. The first kappa shape index (κ1) is 20.7. The number of hydrogen-bond acceptors (Lipinski definition) is 6. The summed E-state index contributed by atoms with van der Waals surface area (Å²) in [4.78, 5) is 20.6. The number of methoxy groups -OCH3 is 1. The van der Waals surface area contributed by atoms with Gasteiger partial charge in [0, 0.05) is 17.7 Å². The summed E-state index contributed by atoms with van der Waals surface area (Å²) in [5.74, 6) is -0.305. The Bertz CT molecular complexity index is 1270. The predicted octanol–water partition coefficient (Wildman–Crippen LogP) is 4.19. The molecule has 0 saturated heterocycles. The Morgan fingerprint density at radius 3 is 2.71 bits per heavy atom. The molecule has 0 saturated carbocycles. The minimum atomic E-state index is -4.52. The van der Waals surface area contributed by atoms with Crippen LogP contribution in [0.1, 0.15) is 20.8 Å². The Hall–Kier alpha value is -3.60. The van der Waals surface area contributed by atoms with E-state index < -0.39 is 17.6 Å². The standard InChI is InChI=1S/C20H15F3N4O3S/c1-29-15-7-6-13-19(26-15)27(10-25-13)16-8-14(17(31-16)18(24)28)30-9-11-4-2-3-5-12(11)20(21,22)23/h2-8,10H,9H2,1H3,(H2,24,28). The fraction of sp³-hybridized carbons (Fsp3) is 0.150. The minimum absolute atomic E-state index is 0.0577. The molecule has 0 aliphatic rings. The van der Waals surface area contributed by atoms with Crippen molar-refractivity contribution in [3.8, 4) is 16.6 Å². The van der Waals surface area contributed by atoms with Gasteiger partial charge in [-0.2, -0.15) is 18.2 Å². The van der Waals surface area contributed by atoms with Gasteiger partial charge in [0.15, 0.2) is 5.65 Å². The highest BCUT2D eigenvalue weighted by atomic mass is 32.1. The lowest BCUT2D eigenvalue weighted by Gasteiger charge is -2.13. The second-order valence-electron chi connectivity index (χ2n) is 6.40. The highest BCUT2D eigenvalue weighted by Crippen LogP contribution is 2.36. The summed E-state index contributed by atoms with van der Waals surface area (Å²) in [5, 5.41) is 0.510. The number of hydrogen-bond donors (Lipinski definition) is 1. The van der Waals surface area contributed by atoms with Gasteiger partial charge in [-0.3, -0.25) is 9.36 Å². The summed E-state index contributed by atoms with van der Waals surface area (Å²) in [7, 11) is 1.48. The van der Waals surface area contributed by atoms with Crippen molar-refractivity contribution in [2.75, 3.05) is 7.11 Å². The van der Waals surface area contributed by atoms with Gasteiger partial charge < -0.3 is 15.2 Å². The van der Waals surface area contributed by atoms with E-state index in [-0.39, 0.29) is 22.8 Å². The Kier molecular flexibility index (Phi) is 5.27. The first-order valence-corrected chi connectivity index (χ1v) is 9.69. The second-order valence-corrected chi connectivity index (χ2v) is 7.43. The minimum Gasteiger partial charge on any atom is -0.487 e. The van der Waals surface area contributed by atoms with Crippen LogP contribution in [0.2, 0.25) is 0 Å². The number of nitrogens with two attached hydrogens (primary N) is 1. The summed E-state index contributed by atoms with van der Waals surface area (Å²) in [5.41, 5.74) is 5.67. The first-order valence-electron chi connectivity index (χ1n) is 8.88. The molecule has 160 valence electrons. The fourth-order valence-electron chi connectivity index (χ4n) is 2.99. The number of ether oxygens (including phenoxy) is 2. The van der Waals surface area contributed by atoms with Crippen molar-refractivity contribution >= 4 is 28.4 Å². The summed E-state index contributed by atoms with van der Waals surface area (Å²) in [6.45, 7) is -0.386. The molecule has 0 aliphatic heterocycles. The van der Waals surface area contributed by atoms with Gasteiger partial charge in [-0.05, 0) is 12.1 Å². The average molecular weight is 448 g/mol. The number of imidazole rings is 1. The van der Waals surface area contributed by atoms with Gasteiger partial charge >= 0.3 is 6.18 Å². The third kappa shape index (κ3) is 4.04. The van der Waals surface area contributed by atoms with Gasteiger partial charge in [0.2, 0.25) is 5.88 Å². The highest BCUT2D eigenvalue weighted by molar-refractivity contribution is 7.16. The van der Waals surface area contributed by atoms with E-state index in [2.05, 4.69) is 9.97 Å². The van der Waals surface area contributed by atoms with Crippen LogP contribution in [0.5, 0.6) is 11.6 Å². The number of alkyl halides is 3. The molecule has 0 bridgehead atoms. The Morgan fingerprint density at radius 1 is 1.23 bits per heavy atom. The molecule has 1 aromatic carbocycles. The van der Waals surface area contributed by atoms with Crippen LogP contribution in [0.4, 0.5) is 13.2 Å². The SMILES string of the molecule is COc1ccc2ncn(-c3cc(OCc4ccccc4C(F)(F)F)c(C(N)=O)s3)c2n1. The van der Waals surface area contributed by atoms with Gasteiger partial charge in [0.1, 0.15) is 34.1 Å². The van der Waals surface area contributed by atoms with E-state index in [1.807, 2.05) is 0 Å². The predicted molar refractivity (Wildman–Crippen MR) is 108 cm³/mol. The van der Waals surface area contributed by atoms with Gasteiger partial charge in [0.25, 0.3) is 5.91 Å². The van der Waals surface area contributed by atoms with Gasteiger partial charge in [0.05, 0.1) is 12.7 Å². The molecule has 31 heavy (non-hydrogen) atoms. The van der Waals surface area contributed by atoms with Gasteiger partial charge in [-0.15, -0.1) is 11.3 Å². The third-order valence-electron chi connectivity index (χ3n) is 4.43. The van der Waals surface area contributed by atoms with E-state index in [0.717, 1.165) is 17.4 Å². The summed E-state index contributed by atoms with van der Waals surface area (Å²) < 4.78 is 52.0. The van der Waals surface area contributed by atoms with E-state index in [9.17, 15) is 18.0 Å². The highest BCUT2D eigenvalue weighted by Gasteiger charge is 2.33. The lowest BCUT2D eigenvalue weighted by molar-refractivity contribution is -0.138. The molecule has 0 fully saturated rings. The molecule has 0 aliphatic carbocycles. The van der Waals surface area contributed by atoms with Crippen LogP contribution in [0.25, 0.3) is 16.2 Å². The fourth-order valence-corrected chi connectivity index (χ4v) is 3.92. The monoisotopic (exact) mass is 448 g/mol. The number of carbonyl (C=O) groups is 1. The first-order chi connectivity index (χ1) is 14.8. The van der Waals surface area contributed by atoms with Crippen molar-refractivity contribution in [1.29, 1.82) is 0 Å². The number of benzene rings is 1. The normalized spacial score (nSPS) is 11.6. The maximum Gasteiger partial charge on any atom is 0.416 e. The maximum absolute atomic E-state index is 13.2. The van der Waals surface area contributed by atoms with Gasteiger partial charge in [-0.1, -0.05) is 18.2 Å². The van der Waals surface area contributed by atoms with Crippen LogP contribution in [-0.4, -0.2) is 27.6 Å². The van der Waals surface area contributed by atoms with E-state index >= 15 is 0 Å². The average Bonchev–Trinajstić information content (AvgIpc) is 3.35. The molecule has 7 nitrogen and oxygen atoms in total. The van der Waals surface area contributed by atoms with Crippen molar-refractivity contribution in [1.82, 2.24) is 14.5 Å². The number of halogens is 3. The van der Waals surface area contributed by atoms with Crippen molar-refractivity contribution in [3.63, 3.8) is 0 Å². The molecular formula is C20H15F3N4O3S. The number of nitrogens with zero attached hydrogens (tertiary/aromatic N) is 3. The van der Waals surface area contributed by atoms with E-state index in [1.165, 1.54) is 37.7 Å². The Morgan fingerprint density at radius 2 is 2.00 bits per heavy atom. The molecule has 0 spiro atoms. The number of carbonyl (C=O) groups excluding carboxylic acids is 1. The molecule has 3 heterocycles. The zero-order chi connectivity index (χ0) is 22.2. The maximum atomic E-state index is 13.2. The molecule has 0 atom stereocenters. The summed E-state index contributed by atoms with van der Waals surface area (Å²) in [6.07, 6.45) is -3.01. The summed E-state index contributed by atoms with van der Waals surface area (Å²) >= 11 is 1.02. The van der Waals surface area contributed by atoms with Crippen LogP contribution >= 0.6 is 11.3 Å². The lowest BCUT2D eigenvalue weighted by Crippen LogP contribution is -2.13. The Labute approximate surface area is 177 Å². The molecule has 4 rings (SSSR count). The number of primary amides is 1. The second kappa shape index (κ2) is 7.91. The zero-order valence-electron chi connectivity index (χ0n) is 16.0. The molecule has 11 heteroatoms. The van der Waals surface area contributed by atoms with E-state index in [1.54, 1.807) is 16.7 Å². The number of pyridine rings is 1. The lowest BCUT2D eigenvalue weighted by atomic mass is 10.1. The smallest absolute Gasteiger partial charge is 0.416 e. The van der Waals surface area contributed by atoms with Crippen LogP contribution in [0.15, 0.2) is 48.8 Å². The van der Waals surface area contributed by atoms with E-state index in [4.69, 9.17) is 15.2 Å². The number of rotatable bonds is 6. The van der Waals surface area contributed by atoms with Crippen LogP contribution in [-0.2, 0) is 12.8 Å². The number of aromatic nitrogens is 3. The molecule has 1 amide bonds. The van der Waals surface area contributed by atoms with Crippen molar-refractivity contribution in [3.05, 3.63) is 64.8 Å². The van der Waals surface area contributed by atoms with Crippen molar-refractivity contribution in [2.24, 2.45) is 5.73 Å². The van der Waals surface area contributed by atoms with Crippen molar-refractivity contribution in [2.45, 2.75) is 12.8 Å². The third-order valence-corrected chi connectivity index (χ3v) is 5.56. The number of amides is 1. The molecular weight excluding hydrogens is 433 g/mol. The largest absolute Gasteiger partial charge is 0.487 e. The number of fused-ring (bicyclic) bond motifs is 1. The molecule has 0 radical (unpaired) electrons. The molecule has 3 aromatic heterocycles. The van der Waals surface area contributed by atoms with E-state index in [0.29, 0.717) is 22.0 Å².